The molecule has 24 heavy (non-hydrogen) atoms. The SMILES string of the molecule is COCC(N)C(=O)N(CCc1ccc(C)cc1)CC1CCCO1.Cl. The highest BCUT2D eigenvalue weighted by Gasteiger charge is 2.25. The number of benzene rings is 1. The molecule has 1 aromatic carbocycles. The molecule has 136 valence electrons. The third-order valence-corrected chi connectivity index (χ3v) is 4.21. The molecule has 0 bridgehead atoms. The third kappa shape index (κ3) is 6.40. The van der Waals surface area contributed by atoms with Gasteiger partial charge in [-0.2, -0.15) is 0 Å². The van der Waals surface area contributed by atoms with E-state index in [4.69, 9.17) is 15.2 Å². The van der Waals surface area contributed by atoms with Gasteiger partial charge in [-0.1, -0.05) is 29.8 Å². The van der Waals surface area contributed by atoms with Gasteiger partial charge >= 0.3 is 0 Å². The van der Waals surface area contributed by atoms with Crippen molar-refractivity contribution in [2.75, 3.05) is 33.4 Å². The van der Waals surface area contributed by atoms with E-state index >= 15 is 0 Å². The molecule has 1 saturated heterocycles. The lowest BCUT2D eigenvalue weighted by Crippen LogP contribution is -2.49. The minimum absolute atomic E-state index is 0. The number of rotatable bonds is 8. The largest absolute Gasteiger partial charge is 0.383 e. The molecule has 2 rings (SSSR count). The molecule has 1 aliphatic rings. The quantitative estimate of drug-likeness (QED) is 0.773. The van der Waals surface area contributed by atoms with E-state index in [1.54, 1.807) is 7.11 Å². The first-order valence-corrected chi connectivity index (χ1v) is 8.30. The summed E-state index contributed by atoms with van der Waals surface area (Å²) in [5.74, 6) is -0.0607. The Bertz CT molecular complexity index is 490. The molecule has 5 nitrogen and oxygen atoms in total. The predicted molar refractivity (Wildman–Crippen MR) is 97.5 cm³/mol. The molecule has 0 spiro atoms. The average molecular weight is 357 g/mol. The number of aryl methyl sites for hydroxylation is 1. The van der Waals surface area contributed by atoms with E-state index in [1.807, 2.05) is 4.90 Å². The highest BCUT2D eigenvalue weighted by Crippen LogP contribution is 2.14. The first-order valence-electron chi connectivity index (χ1n) is 8.30. The summed E-state index contributed by atoms with van der Waals surface area (Å²) in [6.45, 7) is 4.36. The van der Waals surface area contributed by atoms with Crippen molar-refractivity contribution in [2.24, 2.45) is 5.73 Å². The molecular weight excluding hydrogens is 328 g/mol. The van der Waals surface area contributed by atoms with Gasteiger partial charge in [-0.05, 0) is 31.7 Å². The number of hydrogen-bond acceptors (Lipinski definition) is 4. The van der Waals surface area contributed by atoms with E-state index in [0.29, 0.717) is 13.1 Å². The molecule has 2 unspecified atom stereocenters. The molecular formula is C18H29ClN2O3. The molecule has 6 heteroatoms. The molecule has 1 aromatic rings. The third-order valence-electron chi connectivity index (χ3n) is 4.21. The predicted octanol–water partition coefficient (Wildman–Crippen LogP) is 1.94. The van der Waals surface area contributed by atoms with Gasteiger partial charge in [0.05, 0.1) is 12.7 Å². The summed E-state index contributed by atoms with van der Waals surface area (Å²) in [7, 11) is 1.56. The highest BCUT2D eigenvalue weighted by molar-refractivity contribution is 5.85. The fourth-order valence-corrected chi connectivity index (χ4v) is 2.83. The van der Waals surface area contributed by atoms with Crippen LogP contribution in [0.15, 0.2) is 24.3 Å². The van der Waals surface area contributed by atoms with Crippen LogP contribution in [0.5, 0.6) is 0 Å². The van der Waals surface area contributed by atoms with Crippen LogP contribution in [0.3, 0.4) is 0 Å². The van der Waals surface area contributed by atoms with Crippen molar-refractivity contribution in [2.45, 2.75) is 38.3 Å². The first kappa shape index (κ1) is 20.9. The molecule has 0 aliphatic carbocycles. The van der Waals surface area contributed by atoms with Gasteiger partial charge in [0.15, 0.2) is 0 Å². The summed E-state index contributed by atoms with van der Waals surface area (Å²) >= 11 is 0. The lowest BCUT2D eigenvalue weighted by atomic mass is 10.1. The van der Waals surface area contributed by atoms with Crippen LogP contribution >= 0.6 is 12.4 Å². The summed E-state index contributed by atoms with van der Waals surface area (Å²) in [6, 6.07) is 7.80. The van der Waals surface area contributed by atoms with Gasteiger partial charge in [0.25, 0.3) is 0 Å². The standard InChI is InChI=1S/C18H28N2O3.ClH/c1-14-5-7-15(8-6-14)9-10-20(12-16-4-3-11-23-16)18(21)17(19)13-22-2;/h5-8,16-17H,3-4,9-13,19H2,1-2H3;1H. The van der Waals surface area contributed by atoms with Gasteiger partial charge in [-0.15, -0.1) is 12.4 Å². The van der Waals surface area contributed by atoms with Crippen molar-refractivity contribution in [3.63, 3.8) is 0 Å². The maximum atomic E-state index is 12.6. The highest BCUT2D eigenvalue weighted by atomic mass is 35.5. The molecule has 2 atom stereocenters. The van der Waals surface area contributed by atoms with E-state index in [9.17, 15) is 4.79 Å². The van der Waals surface area contributed by atoms with Crippen LogP contribution in [0.4, 0.5) is 0 Å². The van der Waals surface area contributed by atoms with Crippen LogP contribution < -0.4 is 5.73 Å². The summed E-state index contributed by atoms with van der Waals surface area (Å²) < 4.78 is 10.7. The molecule has 0 saturated carbocycles. The summed E-state index contributed by atoms with van der Waals surface area (Å²) in [5, 5.41) is 0. The topological polar surface area (TPSA) is 64.8 Å². The van der Waals surface area contributed by atoms with Gasteiger partial charge in [-0.3, -0.25) is 4.79 Å². The lowest BCUT2D eigenvalue weighted by molar-refractivity contribution is -0.135. The molecule has 1 amide bonds. The Morgan fingerprint density at radius 2 is 2.12 bits per heavy atom. The number of nitrogens with zero attached hydrogens (tertiary/aromatic N) is 1. The maximum absolute atomic E-state index is 12.6. The van der Waals surface area contributed by atoms with Crippen LogP contribution in [0.25, 0.3) is 0 Å². The monoisotopic (exact) mass is 356 g/mol. The van der Waals surface area contributed by atoms with Crippen LogP contribution in [-0.4, -0.2) is 56.4 Å². The number of hydrogen-bond donors (Lipinski definition) is 1. The van der Waals surface area contributed by atoms with Gasteiger partial charge in [0.1, 0.15) is 6.04 Å². The molecule has 2 N–H and O–H groups in total. The zero-order chi connectivity index (χ0) is 16.7. The van der Waals surface area contributed by atoms with Crippen molar-refractivity contribution in [1.82, 2.24) is 4.90 Å². The number of nitrogens with two attached hydrogens (primary N) is 1. The van der Waals surface area contributed by atoms with Crippen LogP contribution in [-0.2, 0) is 20.7 Å². The van der Waals surface area contributed by atoms with Crippen molar-refractivity contribution < 1.29 is 14.3 Å². The number of methoxy groups -OCH3 is 1. The Hall–Kier alpha value is -1.14. The Labute approximate surface area is 150 Å². The van der Waals surface area contributed by atoms with Crippen LogP contribution in [0, 0.1) is 6.92 Å². The molecule has 1 fully saturated rings. The minimum atomic E-state index is -0.612. The molecule has 1 heterocycles. The fraction of sp³-hybridized carbons (Fsp3) is 0.611. The normalized spacial score (nSPS) is 18.0. The fourth-order valence-electron chi connectivity index (χ4n) is 2.83. The second-order valence-electron chi connectivity index (χ2n) is 6.22. The first-order chi connectivity index (χ1) is 11.1. The zero-order valence-corrected chi connectivity index (χ0v) is 15.4. The van der Waals surface area contributed by atoms with E-state index in [-0.39, 0.29) is 31.0 Å². The van der Waals surface area contributed by atoms with E-state index in [2.05, 4.69) is 31.2 Å². The Kier molecular flexibility index (Phi) is 9.29. The van der Waals surface area contributed by atoms with E-state index < -0.39 is 6.04 Å². The Balaban J connectivity index is 0.00000288. The number of carbonyl (C=O) groups excluding carboxylic acids is 1. The van der Waals surface area contributed by atoms with E-state index in [1.165, 1.54) is 11.1 Å². The minimum Gasteiger partial charge on any atom is -0.383 e. The van der Waals surface area contributed by atoms with Gasteiger partial charge in [-0.25, -0.2) is 0 Å². The smallest absolute Gasteiger partial charge is 0.241 e. The lowest BCUT2D eigenvalue weighted by Gasteiger charge is -2.28. The maximum Gasteiger partial charge on any atom is 0.241 e. The Morgan fingerprint density at radius 3 is 2.71 bits per heavy atom. The average Bonchev–Trinajstić information content (AvgIpc) is 3.05. The summed E-state index contributed by atoms with van der Waals surface area (Å²) in [4.78, 5) is 14.4. The molecule has 1 aliphatic heterocycles. The van der Waals surface area contributed by atoms with Crippen molar-refractivity contribution in [3.05, 3.63) is 35.4 Å². The summed E-state index contributed by atoms with van der Waals surface area (Å²) in [5.41, 5.74) is 8.40. The van der Waals surface area contributed by atoms with Crippen molar-refractivity contribution >= 4 is 18.3 Å². The van der Waals surface area contributed by atoms with Crippen LogP contribution in [0.1, 0.15) is 24.0 Å². The zero-order valence-electron chi connectivity index (χ0n) is 14.6. The second kappa shape index (κ2) is 10.7. The number of amides is 1. The van der Waals surface area contributed by atoms with Gasteiger partial charge in [0, 0.05) is 26.8 Å². The van der Waals surface area contributed by atoms with Gasteiger partial charge < -0.3 is 20.1 Å². The molecule has 0 radical (unpaired) electrons. The van der Waals surface area contributed by atoms with Crippen molar-refractivity contribution in [1.29, 1.82) is 0 Å². The van der Waals surface area contributed by atoms with E-state index in [0.717, 1.165) is 25.9 Å². The second-order valence-corrected chi connectivity index (χ2v) is 6.22. The Morgan fingerprint density at radius 1 is 1.42 bits per heavy atom. The number of halogens is 1. The van der Waals surface area contributed by atoms with Crippen LogP contribution in [0.2, 0.25) is 0 Å². The number of carbonyl (C=O) groups is 1. The summed E-state index contributed by atoms with van der Waals surface area (Å²) in [6.07, 6.45) is 3.02. The van der Waals surface area contributed by atoms with Crippen molar-refractivity contribution in [3.8, 4) is 0 Å². The number of ether oxygens (including phenoxy) is 2. The van der Waals surface area contributed by atoms with Gasteiger partial charge in [0.2, 0.25) is 5.91 Å². The molecule has 0 aromatic heterocycles.